The van der Waals surface area contributed by atoms with Crippen LogP contribution in [0, 0.1) is 0 Å². The van der Waals surface area contributed by atoms with Gasteiger partial charge in [0.05, 0.1) is 6.04 Å². The molecule has 260 valence electrons. The van der Waals surface area contributed by atoms with Crippen molar-refractivity contribution in [1.29, 1.82) is 0 Å². The van der Waals surface area contributed by atoms with Gasteiger partial charge in [-0.2, -0.15) is 0 Å². The van der Waals surface area contributed by atoms with Crippen molar-refractivity contribution in [3.63, 3.8) is 0 Å². The summed E-state index contributed by atoms with van der Waals surface area (Å²) in [5.74, 6) is -6.07. The molecule has 0 rings (SSSR count). The molecule has 0 radical (unpaired) electrons. The van der Waals surface area contributed by atoms with Crippen molar-refractivity contribution >= 4 is 35.6 Å². The number of carbonyl (C=O) groups excluding carboxylic acids is 3. The molecule has 12 heteroatoms. The third kappa shape index (κ3) is 21.4. The molecule has 0 aromatic rings. The number of hydrogen-bond donors (Lipinski definition) is 5. The van der Waals surface area contributed by atoms with E-state index >= 15 is 0 Å². The summed E-state index contributed by atoms with van der Waals surface area (Å²) in [4.78, 5) is 73.6. The van der Waals surface area contributed by atoms with Crippen molar-refractivity contribution in [2.24, 2.45) is 5.73 Å². The molecule has 45 heavy (non-hydrogen) atoms. The van der Waals surface area contributed by atoms with Crippen LogP contribution < -0.4 is 11.1 Å². The van der Waals surface area contributed by atoms with Crippen molar-refractivity contribution in [3.8, 4) is 0 Å². The highest BCUT2D eigenvalue weighted by atomic mass is 16.4. The summed E-state index contributed by atoms with van der Waals surface area (Å²) in [7, 11) is 0. The number of carboxylic acids is 3. The molecule has 0 fully saturated rings. The van der Waals surface area contributed by atoms with Crippen LogP contribution in [0.15, 0.2) is 0 Å². The van der Waals surface area contributed by atoms with Gasteiger partial charge in [-0.25, -0.2) is 9.59 Å². The minimum absolute atomic E-state index is 0.0350. The van der Waals surface area contributed by atoms with Gasteiger partial charge in [-0.05, 0) is 32.6 Å². The second-order valence-electron chi connectivity index (χ2n) is 12.1. The third-order valence-electron chi connectivity index (χ3n) is 7.92. The zero-order valence-corrected chi connectivity index (χ0v) is 27.6. The smallest absolute Gasteiger partial charge is 0.326 e. The lowest BCUT2D eigenvalue weighted by molar-refractivity contribution is -0.158. The van der Waals surface area contributed by atoms with Crippen LogP contribution in [0.3, 0.4) is 0 Å². The Labute approximate surface area is 268 Å². The average molecular weight is 642 g/mol. The molecule has 1 unspecified atom stereocenters. The van der Waals surface area contributed by atoms with Gasteiger partial charge in [0.1, 0.15) is 12.1 Å². The van der Waals surface area contributed by atoms with Crippen LogP contribution in [0.4, 0.5) is 0 Å². The summed E-state index contributed by atoms with van der Waals surface area (Å²) in [5, 5.41) is 30.5. The van der Waals surface area contributed by atoms with E-state index in [9.17, 15) is 39.0 Å². The first kappa shape index (κ1) is 42.0. The summed E-state index contributed by atoms with van der Waals surface area (Å²) in [5.41, 5.74) is 5.48. The van der Waals surface area contributed by atoms with Crippen LogP contribution in [0.5, 0.6) is 0 Å². The number of nitrogens with one attached hydrogen (secondary N) is 1. The van der Waals surface area contributed by atoms with E-state index in [-0.39, 0.29) is 38.5 Å². The number of carbonyl (C=O) groups is 6. The lowest BCUT2D eigenvalue weighted by Gasteiger charge is -2.28. The fraction of sp³-hybridized carbons (Fsp3) is 0.818. The van der Waals surface area contributed by atoms with Crippen molar-refractivity contribution in [2.45, 2.75) is 173 Å². The van der Waals surface area contributed by atoms with E-state index in [0.717, 1.165) is 25.7 Å². The predicted octanol–water partition coefficient (Wildman–Crippen LogP) is 5.40. The number of aliphatic carboxylic acids is 3. The maximum Gasteiger partial charge on any atom is 0.326 e. The Morgan fingerprint density at radius 1 is 0.600 bits per heavy atom. The monoisotopic (exact) mass is 641 g/mol. The molecule has 6 N–H and O–H groups in total. The molecule has 0 aliphatic heterocycles. The minimum atomic E-state index is -1.50. The van der Waals surface area contributed by atoms with Crippen LogP contribution in [0.1, 0.15) is 155 Å². The first-order chi connectivity index (χ1) is 21.4. The summed E-state index contributed by atoms with van der Waals surface area (Å²) in [6.07, 6.45) is 16.4. The molecule has 0 aliphatic rings. The van der Waals surface area contributed by atoms with Crippen LogP contribution >= 0.6 is 0 Å². The maximum absolute atomic E-state index is 13.2. The van der Waals surface area contributed by atoms with Crippen LogP contribution in [-0.2, 0) is 28.8 Å². The van der Waals surface area contributed by atoms with Gasteiger partial charge >= 0.3 is 17.9 Å². The van der Waals surface area contributed by atoms with Gasteiger partial charge in [0.25, 0.3) is 0 Å². The molecule has 0 spiro atoms. The molecular weight excluding hydrogens is 582 g/mol. The van der Waals surface area contributed by atoms with Crippen molar-refractivity contribution < 1.29 is 44.1 Å². The summed E-state index contributed by atoms with van der Waals surface area (Å²) in [6.45, 7) is 3.60. The fourth-order valence-corrected chi connectivity index (χ4v) is 5.18. The van der Waals surface area contributed by atoms with E-state index in [1.165, 1.54) is 71.1 Å². The van der Waals surface area contributed by atoms with E-state index in [1.54, 1.807) is 0 Å². The van der Waals surface area contributed by atoms with E-state index < -0.39 is 60.2 Å². The third-order valence-corrected chi connectivity index (χ3v) is 7.92. The Morgan fingerprint density at radius 3 is 1.47 bits per heavy atom. The summed E-state index contributed by atoms with van der Waals surface area (Å²) < 4.78 is 0. The molecule has 0 aromatic heterocycles. The van der Waals surface area contributed by atoms with E-state index in [0.29, 0.717) is 11.3 Å². The van der Waals surface area contributed by atoms with E-state index in [2.05, 4.69) is 12.2 Å². The Bertz CT molecular complexity index is 895. The SMILES string of the molecule is CCCCCCCCCCCCCCCCCC(=O)N(C(=O)CC[C@@H](NC(=O)[C@H](C)N)C(=O)O)C(CCCCC(=O)O)C(=O)O. The molecular formula is C33H59N3O9. The van der Waals surface area contributed by atoms with Gasteiger partial charge in [0.2, 0.25) is 17.7 Å². The van der Waals surface area contributed by atoms with Crippen LogP contribution in [-0.4, -0.2) is 74.0 Å². The van der Waals surface area contributed by atoms with E-state index in [4.69, 9.17) is 10.8 Å². The van der Waals surface area contributed by atoms with E-state index in [1.807, 2.05) is 0 Å². The molecule has 0 bridgehead atoms. The number of nitrogens with zero attached hydrogens (tertiary/aromatic N) is 1. The topological polar surface area (TPSA) is 204 Å². The Balaban J connectivity index is 4.90. The highest BCUT2D eigenvalue weighted by Crippen LogP contribution is 2.18. The molecule has 3 atom stereocenters. The lowest BCUT2D eigenvalue weighted by Crippen LogP contribution is -2.50. The first-order valence-corrected chi connectivity index (χ1v) is 17.0. The molecule has 0 saturated heterocycles. The number of imide groups is 1. The first-order valence-electron chi connectivity index (χ1n) is 17.0. The van der Waals surface area contributed by atoms with Gasteiger partial charge in [0, 0.05) is 19.3 Å². The molecule has 12 nitrogen and oxygen atoms in total. The molecule has 0 heterocycles. The largest absolute Gasteiger partial charge is 0.481 e. The van der Waals surface area contributed by atoms with Gasteiger partial charge in [-0.1, -0.05) is 103 Å². The molecule has 0 aliphatic carbocycles. The minimum Gasteiger partial charge on any atom is -0.481 e. The fourth-order valence-electron chi connectivity index (χ4n) is 5.18. The summed E-state index contributed by atoms with van der Waals surface area (Å²) >= 11 is 0. The zero-order chi connectivity index (χ0) is 34.0. The van der Waals surface area contributed by atoms with Crippen molar-refractivity contribution in [3.05, 3.63) is 0 Å². The number of amides is 3. The number of hydrogen-bond acceptors (Lipinski definition) is 7. The highest BCUT2D eigenvalue weighted by molar-refractivity contribution is 5.99. The van der Waals surface area contributed by atoms with Crippen molar-refractivity contribution in [2.75, 3.05) is 0 Å². The van der Waals surface area contributed by atoms with Crippen molar-refractivity contribution in [1.82, 2.24) is 10.2 Å². The normalized spacial score (nSPS) is 13.0. The zero-order valence-electron chi connectivity index (χ0n) is 27.6. The van der Waals surface area contributed by atoms with Gasteiger partial charge < -0.3 is 26.4 Å². The molecule has 0 saturated carbocycles. The van der Waals surface area contributed by atoms with Gasteiger partial charge in [-0.3, -0.25) is 24.1 Å². The second-order valence-corrected chi connectivity index (χ2v) is 12.1. The average Bonchev–Trinajstić information content (AvgIpc) is 2.97. The predicted molar refractivity (Wildman–Crippen MR) is 171 cm³/mol. The molecule has 3 amide bonds. The maximum atomic E-state index is 13.2. The van der Waals surface area contributed by atoms with Crippen LogP contribution in [0.25, 0.3) is 0 Å². The standard InChI is InChI=1S/C33H59N3O9/c1-3-4-5-6-7-8-9-10-11-12-13-14-15-16-17-21-28(37)36(27(33(44)45)20-18-19-22-30(39)40)29(38)24-23-26(32(42)43)35-31(41)25(2)34/h25-27H,3-24,34H2,1-2H3,(H,35,41)(H,39,40)(H,42,43)(H,44,45)/t25-,26+,27?/m0/s1. The van der Waals surface area contributed by atoms with Gasteiger partial charge in [-0.15, -0.1) is 0 Å². The Morgan fingerprint density at radius 2 is 1.04 bits per heavy atom. The number of nitrogens with two attached hydrogens (primary N) is 1. The molecule has 0 aromatic carbocycles. The number of rotatable bonds is 29. The number of unbranched alkanes of at least 4 members (excludes halogenated alkanes) is 15. The second kappa shape index (κ2) is 26.2. The lowest BCUT2D eigenvalue weighted by atomic mass is 10.0. The Hall–Kier alpha value is -3.02. The highest BCUT2D eigenvalue weighted by Gasteiger charge is 2.34. The van der Waals surface area contributed by atoms with Crippen LogP contribution in [0.2, 0.25) is 0 Å². The number of carboxylic acid groups (broad SMARTS) is 3. The Kier molecular flexibility index (Phi) is 24.5. The summed E-state index contributed by atoms with van der Waals surface area (Å²) in [6, 6.07) is -3.92. The quantitative estimate of drug-likeness (QED) is 0.0658. The van der Waals surface area contributed by atoms with Gasteiger partial charge in [0.15, 0.2) is 0 Å².